The van der Waals surface area contributed by atoms with E-state index in [2.05, 4.69) is 53.8 Å². The lowest BCUT2D eigenvalue weighted by Crippen LogP contribution is -2.21. The maximum atomic E-state index is 12.7. The van der Waals surface area contributed by atoms with Gasteiger partial charge in [-0.25, -0.2) is 0 Å². The molecule has 2 heterocycles. The van der Waals surface area contributed by atoms with Crippen molar-refractivity contribution in [2.75, 3.05) is 12.4 Å². The van der Waals surface area contributed by atoms with Crippen molar-refractivity contribution < 1.29 is 18.7 Å². The molecular weight excluding hydrogens is 456 g/mol. The Hall–Kier alpha value is -4.33. The number of hydrogen-bond acceptors (Lipinski definition) is 5. The van der Waals surface area contributed by atoms with E-state index < -0.39 is 5.91 Å². The number of benzene rings is 2. The van der Waals surface area contributed by atoms with Crippen LogP contribution in [-0.2, 0) is 18.6 Å². The van der Waals surface area contributed by atoms with Gasteiger partial charge in [0.05, 0.1) is 5.69 Å². The highest BCUT2D eigenvalue weighted by molar-refractivity contribution is 6.06. The van der Waals surface area contributed by atoms with Crippen LogP contribution in [0, 0.1) is 0 Å². The van der Waals surface area contributed by atoms with Crippen LogP contribution in [0.25, 0.3) is 0 Å². The Kier molecular flexibility index (Phi) is 7.24. The maximum absolute atomic E-state index is 12.7. The Morgan fingerprint density at radius 3 is 2.33 bits per heavy atom. The Morgan fingerprint density at radius 1 is 0.972 bits per heavy atom. The van der Waals surface area contributed by atoms with E-state index in [0.29, 0.717) is 23.7 Å². The number of carbonyl (C=O) groups is 2. The molecule has 8 nitrogen and oxygen atoms in total. The van der Waals surface area contributed by atoms with E-state index >= 15 is 0 Å². The molecule has 0 aliphatic heterocycles. The molecule has 2 amide bonds. The maximum Gasteiger partial charge on any atom is 0.291 e. The third-order valence-corrected chi connectivity index (χ3v) is 6.11. The summed E-state index contributed by atoms with van der Waals surface area (Å²) in [6, 6.07) is 21.6. The molecule has 2 aromatic carbocycles. The standard InChI is InChI=1S/C28H30N4O4/c1-5-32-17-23(25(31-32)27(34)29-4)30-26(33)24-16-15-22(36-24)18-35-21-13-11-20(12-14-21)28(2,3)19-9-7-6-8-10-19/h6-17H,5,18H2,1-4H3,(H,29,34)(H,30,33). The first-order chi connectivity index (χ1) is 17.3. The second-order valence-electron chi connectivity index (χ2n) is 8.85. The summed E-state index contributed by atoms with van der Waals surface area (Å²) in [6.07, 6.45) is 1.61. The molecule has 36 heavy (non-hydrogen) atoms. The molecule has 8 heteroatoms. The average Bonchev–Trinajstić information content (AvgIpc) is 3.55. The average molecular weight is 487 g/mol. The molecule has 2 aromatic heterocycles. The molecule has 0 radical (unpaired) electrons. The van der Waals surface area contributed by atoms with Gasteiger partial charge in [0.15, 0.2) is 11.5 Å². The first-order valence-corrected chi connectivity index (χ1v) is 11.8. The molecule has 186 valence electrons. The number of nitrogens with one attached hydrogen (secondary N) is 2. The molecule has 4 aromatic rings. The van der Waals surface area contributed by atoms with Gasteiger partial charge < -0.3 is 19.8 Å². The van der Waals surface area contributed by atoms with E-state index in [1.165, 1.54) is 18.2 Å². The molecule has 0 unspecified atom stereocenters. The van der Waals surface area contributed by atoms with Gasteiger partial charge in [0.25, 0.3) is 11.8 Å². The fourth-order valence-corrected chi connectivity index (χ4v) is 3.87. The van der Waals surface area contributed by atoms with Crippen molar-refractivity contribution in [1.82, 2.24) is 15.1 Å². The monoisotopic (exact) mass is 486 g/mol. The zero-order valence-corrected chi connectivity index (χ0v) is 20.9. The Balaban J connectivity index is 1.38. The number of nitrogens with zero attached hydrogens (tertiary/aromatic N) is 2. The summed E-state index contributed by atoms with van der Waals surface area (Å²) >= 11 is 0. The third kappa shape index (κ3) is 5.33. The minimum absolute atomic E-state index is 0.112. The van der Waals surface area contributed by atoms with E-state index in [1.807, 2.05) is 37.3 Å². The molecule has 0 bridgehead atoms. The lowest BCUT2D eigenvalue weighted by atomic mass is 9.78. The topological polar surface area (TPSA) is 98.4 Å². The van der Waals surface area contributed by atoms with Crippen LogP contribution >= 0.6 is 0 Å². The largest absolute Gasteiger partial charge is 0.486 e. The van der Waals surface area contributed by atoms with Crippen LogP contribution in [-0.4, -0.2) is 28.6 Å². The van der Waals surface area contributed by atoms with E-state index in [-0.39, 0.29) is 29.4 Å². The van der Waals surface area contributed by atoms with Gasteiger partial charge in [0, 0.05) is 25.2 Å². The van der Waals surface area contributed by atoms with Crippen molar-refractivity contribution in [3.05, 3.63) is 101 Å². The van der Waals surface area contributed by atoms with Crippen LogP contribution in [0.5, 0.6) is 5.75 Å². The van der Waals surface area contributed by atoms with Crippen molar-refractivity contribution in [2.24, 2.45) is 0 Å². The number of aromatic nitrogens is 2. The van der Waals surface area contributed by atoms with Gasteiger partial charge in [-0.15, -0.1) is 0 Å². The van der Waals surface area contributed by atoms with Crippen molar-refractivity contribution in [2.45, 2.75) is 39.3 Å². The van der Waals surface area contributed by atoms with Gasteiger partial charge in [0.1, 0.15) is 18.1 Å². The summed E-state index contributed by atoms with van der Waals surface area (Å²) in [5, 5.41) is 9.41. The number of anilines is 1. The fraction of sp³-hybridized carbons (Fsp3) is 0.250. The highest BCUT2D eigenvalue weighted by atomic mass is 16.5. The van der Waals surface area contributed by atoms with Crippen LogP contribution in [0.1, 0.15) is 58.7 Å². The molecular formula is C28H30N4O4. The second kappa shape index (κ2) is 10.5. The number of furan rings is 1. The number of aryl methyl sites for hydroxylation is 1. The quantitative estimate of drug-likeness (QED) is 0.346. The van der Waals surface area contributed by atoms with Crippen LogP contribution in [0.15, 0.2) is 77.3 Å². The molecule has 0 atom stereocenters. The highest BCUT2D eigenvalue weighted by Gasteiger charge is 2.23. The first kappa shape index (κ1) is 24.8. The summed E-state index contributed by atoms with van der Waals surface area (Å²) in [7, 11) is 1.51. The van der Waals surface area contributed by atoms with Gasteiger partial charge in [-0.2, -0.15) is 5.10 Å². The molecule has 0 spiro atoms. The summed E-state index contributed by atoms with van der Waals surface area (Å²) in [5.74, 6) is 0.455. The SMILES string of the molecule is CCn1cc(NC(=O)c2ccc(COc3ccc(C(C)(C)c4ccccc4)cc3)o2)c(C(=O)NC)n1. The van der Waals surface area contributed by atoms with E-state index in [1.54, 1.807) is 23.0 Å². The van der Waals surface area contributed by atoms with Crippen LogP contribution in [0.2, 0.25) is 0 Å². The lowest BCUT2D eigenvalue weighted by Gasteiger charge is -2.26. The van der Waals surface area contributed by atoms with E-state index in [9.17, 15) is 9.59 Å². The summed E-state index contributed by atoms with van der Waals surface area (Å²) < 4.78 is 13.1. The van der Waals surface area contributed by atoms with E-state index in [4.69, 9.17) is 9.15 Å². The predicted octanol–water partition coefficient (Wildman–Crippen LogP) is 5.01. The zero-order chi connectivity index (χ0) is 25.7. The van der Waals surface area contributed by atoms with Gasteiger partial charge >= 0.3 is 0 Å². The molecule has 0 aliphatic rings. The van der Waals surface area contributed by atoms with Crippen LogP contribution < -0.4 is 15.4 Å². The number of hydrogen-bond donors (Lipinski definition) is 2. The van der Waals surface area contributed by atoms with E-state index in [0.717, 1.165) is 0 Å². The second-order valence-corrected chi connectivity index (χ2v) is 8.85. The molecule has 0 saturated carbocycles. The number of ether oxygens (including phenoxy) is 1. The van der Waals surface area contributed by atoms with Crippen LogP contribution in [0.4, 0.5) is 5.69 Å². The van der Waals surface area contributed by atoms with Gasteiger partial charge in [-0.1, -0.05) is 56.3 Å². The van der Waals surface area contributed by atoms with Gasteiger partial charge in [-0.3, -0.25) is 14.3 Å². The molecule has 0 saturated heterocycles. The van der Waals surface area contributed by atoms with Crippen molar-refractivity contribution in [3.63, 3.8) is 0 Å². The predicted molar refractivity (Wildman–Crippen MR) is 137 cm³/mol. The van der Waals surface area contributed by atoms with Crippen molar-refractivity contribution in [3.8, 4) is 5.75 Å². The number of carbonyl (C=O) groups excluding carboxylic acids is 2. The zero-order valence-electron chi connectivity index (χ0n) is 20.9. The minimum Gasteiger partial charge on any atom is -0.486 e. The third-order valence-electron chi connectivity index (χ3n) is 6.11. The van der Waals surface area contributed by atoms with Gasteiger partial charge in [-0.05, 0) is 42.3 Å². The molecule has 2 N–H and O–H groups in total. The Bertz CT molecular complexity index is 1340. The Labute approximate surface area is 210 Å². The molecule has 0 aliphatic carbocycles. The normalized spacial score (nSPS) is 11.2. The summed E-state index contributed by atoms with van der Waals surface area (Å²) in [4.78, 5) is 24.8. The summed E-state index contributed by atoms with van der Waals surface area (Å²) in [6.45, 7) is 7.01. The minimum atomic E-state index is -0.477. The number of amides is 2. The number of rotatable bonds is 9. The van der Waals surface area contributed by atoms with Crippen molar-refractivity contribution in [1.29, 1.82) is 0 Å². The Morgan fingerprint density at radius 2 is 1.67 bits per heavy atom. The highest BCUT2D eigenvalue weighted by Crippen LogP contribution is 2.32. The molecule has 0 fully saturated rings. The molecule has 4 rings (SSSR count). The lowest BCUT2D eigenvalue weighted by molar-refractivity contribution is 0.0958. The van der Waals surface area contributed by atoms with Crippen molar-refractivity contribution >= 4 is 17.5 Å². The van der Waals surface area contributed by atoms with Gasteiger partial charge in [0.2, 0.25) is 0 Å². The smallest absolute Gasteiger partial charge is 0.291 e. The first-order valence-electron chi connectivity index (χ1n) is 11.8. The fourth-order valence-electron chi connectivity index (χ4n) is 3.87. The van der Waals surface area contributed by atoms with Crippen LogP contribution in [0.3, 0.4) is 0 Å². The summed E-state index contributed by atoms with van der Waals surface area (Å²) in [5.41, 5.74) is 2.75.